The highest BCUT2D eigenvalue weighted by molar-refractivity contribution is 6.06. The molecule has 4 aliphatic carbocycles. The molecule has 12 aromatic carbocycles. The summed E-state index contributed by atoms with van der Waals surface area (Å²) >= 11 is 0. The largest absolute Gasteiger partial charge is 0.327 e. The van der Waals surface area contributed by atoms with Crippen molar-refractivity contribution < 1.29 is 8.78 Å². The van der Waals surface area contributed by atoms with Crippen LogP contribution in [0.15, 0.2) is 337 Å². The minimum absolute atomic E-state index is 0.226. The quantitative estimate of drug-likeness (QED) is 0.135. The van der Waals surface area contributed by atoms with E-state index in [1.807, 2.05) is 24.3 Å². The van der Waals surface area contributed by atoms with Crippen molar-refractivity contribution in [1.82, 2.24) is 0 Å². The summed E-state index contributed by atoms with van der Waals surface area (Å²) in [6.45, 7) is 0. The third kappa shape index (κ3) is 8.05. The van der Waals surface area contributed by atoms with Crippen molar-refractivity contribution in [2.24, 2.45) is 5.92 Å². The predicted molar refractivity (Wildman–Crippen MR) is 347 cm³/mol. The van der Waals surface area contributed by atoms with Crippen molar-refractivity contribution in [3.05, 3.63) is 349 Å². The third-order valence-electron chi connectivity index (χ3n) is 17.5. The number of hydrogen-bond donors (Lipinski definition) is 0. The zero-order valence-electron chi connectivity index (χ0n) is 45.7. The van der Waals surface area contributed by atoms with Crippen LogP contribution in [0.25, 0.3) is 87.6 Å². The van der Waals surface area contributed by atoms with Crippen LogP contribution in [0.3, 0.4) is 0 Å². The van der Waals surface area contributed by atoms with E-state index in [-0.39, 0.29) is 17.6 Å². The Labute approximate surface area is 486 Å². The Bertz CT molecular complexity index is 4950. The number of anilines is 4. The van der Waals surface area contributed by atoms with Crippen molar-refractivity contribution in [3.63, 3.8) is 0 Å². The number of para-hydroxylation sites is 2. The number of nitrogens with zero attached hydrogens (tertiary/aromatic N) is 2. The van der Waals surface area contributed by atoms with E-state index in [0.29, 0.717) is 11.4 Å². The fourth-order valence-corrected chi connectivity index (χ4v) is 13.7. The second-order valence-electron chi connectivity index (χ2n) is 22.1. The summed E-state index contributed by atoms with van der Waals surface area (Å²) in [5, 5.41) is 9.11. The molecule has 0 radical (unpaired) electrons. The van der Waals surface area contributed by atoms with Gasteiger partial charge in [-0.3, -0.25) is 0 Å². The van der Waals surface area contributed by atoms with E-state index < -0.39 is 6.04 Å². The Morgan fingerprint density at radius 2 is 0.798 bits per heavy atom. The molecule has 0 saturated carbocycles. The van der Waals surface area contributed by atoms with E-state index in [1.54, 1.807) is 24.3 Å². The summed E-state index contributed by atoms with van der Waals surface area (Å²) < 4.78 is 34.4. The van der Waals surface area contributed by atoms with Crippen LogP contribution < -0.4 is 9.80 Å². The lowest BCUT2D eigenvalue weighted by molar-refractivity contribution is 0.622. The normalized spacial score (nSPS) is 15.9. The summed E-state index contributed by atoms with van der Waals surface area (Å²) in [5.74, 6) is -0.876. The average Bonchev–Trinajstić information content (AvgIpc) is 1.16. The molecule has 0 fully saturated rings. The van der Waals surface area contributed by atoms with Crippen molar-refractivity contribution in [2.45, 2.75) is 6.04 Å². The molecular weight excluding hydrogens is 1030 g/mol. The molecule has 0 aromatic heterocycles. The zero-order chi connectivity index (χ0) is 55.8. The fourth-order valence-electron chi connectivity index (χ4n) is 13.7. The van der Waals surface area contributed by atoms with Crippen LogP contribution in [0.1, 0.15) is 0 Å². The first kappa shape index (κ1) is 49.2. The highest BCUT2D eigenvalue weighted by Gasteiger charge is 2.41. The summed E-state index contributed by atoms with van der Waals surface area (Å²) in [5.41, 5.74) is 17.4. The maximum absolute atomic E-state index is 17.2. The molecule has 0 aliphatic heterocycles. The van der Waals surface area contributed by atoms with Crippen LogP contribution >= 0.6 is 0 Å². The molecule has 2 unspecified atom stereocenters. The second kappa shape index (κ2) is 20.1. The summed E-state index contributed by atoms with van der Waals surface area (Å²) in [6, 6.07) is 87.2. The predicted octanol–water partition coefficient (Wildman–Crippen LogP) is 21.3. The van der Waals surface area contributed by atoms with Crippen LogP contribution in [0.4, 0.5) is 31.5 Å². The molecule has 16 rings (SSSR count). The molecule has 4 heteroatoms. The summed E-state index contributed by atoms with van der Waals surface area (Å²) in [6.07, 6.45) is 17.8. The van der Waals surface area contributed by atoms with Gasteiger partial charge in [-0.25, -0.2) is 8.78 Å². The number of benzene rings is 12. The maximum Gasteiger partial charge on any atom is 0.147 e. The average molecular weight is 1080 g/mol. The van der Waals surface area contributed by atoms with Crippen molar-refractivity contribution in [2.75, 3.05) is 9.80 Å². The number of halogens is 2. The van der Waals surface area contributed by atoms with E-state index in [4.69, 9.17) is 0 Å². The number of rotatable bonds is 10. The van der Waals surface area contributed by atoms with E-state index in [0.717, 1.165) is 122 Å². The third-order valence-corrected chi connectivity index (χ3v) is 17.5. The monoisotopic (exact) mass is 1080 g/mol. The maximum atomic E-state index is 17.2. The lowest BCUT2D eigenvalue weighted by Gasteiger charge is -2.44. The van der Waals surface area contributed by atoms with Gasteiger partial charge in [0.2, 0.25) is 0 Å². The van der Waals surface area contributed by atoms with Gasteiger partial charge in [0.25, 0.3) is 0 Å². The van der Waals surface area contributed by atoms with Crippen molar-refractivity contribution >= 4 is 65.8 Å². The van der Waals surface area contributed by atoms with Gasteiger partial charge in [-0.2, -0.15) is 0 Å². The molecule has 4 aliphatic rings. The summed E-state index contributed by atoms with van der Waals surface area (Å²) in [7, 11) is 0. The molecule has 84 heavy (non-hydrogen) atoms. The van der Waals surface area contributed by atoms with Gasteiger partial charge >= 0.3 is 0 Å². The standard InChI is InChI=1S/C80H52F2N2/c81-71-33-9-11-35-77(71)83(75-47-41-57(63-29-13-21-51-17-1-5-25-59(51)63)49-69(75)65-31-15-23-53-19-3-7-27-61(53)65)73-45-39-55-38-44-68-74(46-40-56-37-43-67(73)79(55)80(56)68)84(78-36-12-10-34-72(78)82)76-48-42-58(64-30-14-22-52-18-2-6-26-60(52)64)50-70(76)66-32-16-24-54-20-4-8-28-62(54)66/h1-50,73,80H. The molecule has 2 atom stereocenters. The second-order valence-corrected chi connectivity index (χ2v) is 22.1. The first-order valence-electron chi connectivity index (χ1n) is 28.8. The van der Waals surface area contributed by atoms with E-state index >= 15 is 8.78 Å². The van der Waals surface area contributed by atoms with Crippen molar-refractivity contribution in [1.29, 1.82) is 0 Å². The smallest absolute Gasteiger partial charge is 0.147 e. The Kier molecular flexibility index (Phi) is 11.8. The lowest BCUT2D eigenvalue weighted by Crippen LogP contribution is -2.38. The van der Waals surface area contributed by atoms with E-state index in [9.17, 15) is 0 Å². The van der Waals surface area contributed by atoms with Crippen LogP contribution in [-0.2, 0) is 0 Å². The van der Waals surface area contributed by atoms with Gasteiger partial charge in [-0.05, 0) is 159 Å². The van der Waals surface area contributed by atoms with Crippen LogP contribution in [0.2, 0.25) is 0 Å². The molecule has 0 spiro atoms. The molecule has 396 valence electrons. The van der Waals surface area contributed by atoms with Crippen LogP contribution in [-0.4, -0.2) is 6.04 Å². The number of hydrogen-bond acceptors (Lipinski definition) is 2. The molecule has 0 heterocycles. The van der Waals surface area contributed by atoms with Gasteiger partial charge in [0.1, 0.15) is 11.6 Å². The minimum atomic E-state index is -0.445. The molecule has 0 N–H and O–H groups in total. The van der Waals surface area contributed by atoms with E-state index in [1.165, 1.54) is 10.8 Å². The van der Waals surface area contributed by atoms with E-state index in [2.05, 4.69) is 265 Å². The summed E-state index contributed by atoms with van der Waals surface area (Å²) in [4.78, 5) is 4.36. The van der Waals surface area contributed by atoms with Gasteiger partial charge in [0, 0.05) is 17.0 Å². The van der Waals surface area contributed by atoms with Gasteiger partial charge in [-0.1, -0.05) is 249 Å². The SMILES string of the molecule is Fc1ccccc1N(C1=C2C=CC3=C4C(=CC=C(C=C1)C24)C(N(c1ccccc1F)c1ccc(-c2cccc4ccccc24)cc1-c1cccc2ccccc12)C=C3)c1ccc(-c2cccc3ccccc23)cc1-c1cccc2ccccc12. The molecule has 0 saturated heterocycles. The lowest BCUT2D eigenvalue weighted by atomic mass is 9.67. The molecule has 0 bridgehead atoms. The first-order chi connectivity index (χ1) is 41.5. The van der Waals surface area contributed by atoms with Crippen LogP contribution in [0.5, 0.6) is 0 Å². The molecule has 2 nitrogen and oxygen atoms in total. The molecular formula is C80H52F2N2. The minimum Gasteiger partial charge on any atom is -0.327 e. The Morgan fingerprint density at radius 3 is 1.36 bits per heavy atom. The topological polar surface area (TPSA) is 6.48 Å². The van der Waals surface area contributed by atoms with Gasteiger partial charge in [-0.15, -0.1) is 0 Å². The first-order valence-corrected chi connectivity index (χ1v) is 28.8. The Hall–Kier alpha value is -10.7. The van der Waals surface area contributed by atoms with Crippen LogP contribution in [0, 0.1) is 17.6 Å². The Balaban J connectivity index is 0.883. The molecule has 12 aromatic rings. The van der Waals surface area contributed by atoms with Gasteiger partial charge in [0.05, 0.1) is 34.5 Å². The Morgan fingerprint density at radius 1 is 0.333 bits per heavy atom. The fraction of sp³-hybridized carbons (Fsp3) is 0.0250. The highest BCUT2D eigenvalue weighted by atomic mass is 19.1. The highest BCUT2D eigenvalue weighted by Crippen LogP contribution is 2.54. The van der Waals surface area contributed by atoms with Gasteiger partial charge < -0.3 is 9.80 Å². The number of fused-ring (bicyclic) bond motifs is 4. The number of allylic oxidation sites excluding steroid dienone is 10. The molecule has 0 amide bonds. The van der Waals surface area contributed by atoms with Gasteiger partial charge in [0.15, 0.2) is 0 Å². The van der Waals surface area contributed by atoms with Crippen molar-refractivity contribution in [3.8, 4) is 44.5 Å². The zero-order valence-corrected chi connectivity index (χ0v) is 45.7.